The van der Waals surface area contributed by atoms with Gasteiger partial charge in [-0.1, -0.05) is 184 Å². The van der Waals surface area contributed by atoms with Gasteiger partial charge >= 0.3 is 0 Å². The normalized spacial score (nSPS) is 45.7. The van der Waals surface area contributed by atoms with E-state index in [1.54, 1.807) is 0 Å². The van der Waals surface area contributed by atoms with Crippen LogP contribution in [0.25, 0.3) is 0 Å². The molecule has 8 N–H and O–H groups in total. The van der Waals surface area contributed by atoms with Gasteiger partial charge < -0.3 is 0 Å². The molecule has 72 heavy (non-hydrogen) atoms. The summed E-state index contributed by atoms with van der Waals surface area (Å²) in [5.74, 6) is 11.9. The van der Waals surface area contributed by atoms with E-state index in [-0.39, 0.29) is 0 Å². The van der Waals surface area contributed by atoms with Crippen molar-refractivity contribution in [3.63, 3.8) is 0 Å². The largest absolute Gasteiger partial charge is 0.286 e. The number of hydrogen-bond donors (Lipinski definition) is 8. The van der Waals surface area contributed by atoms with Crippen LogP contribution in [-0.4, -0.2) is 49.3 Å². The number of hydrogen-bond acceptors (Lipinski definition) is 8. The summed E-state index contributed by atoms with van der Waals surface area (Å²) in [5.41, 5.74) is 0. The van der Waals surface area contributed by atoms with Crippen LogP contribution in [0.15, 0.2) is 0 Å². The molecular formula is C64H120N8. The molecule has 0 amide bonds. The van der Waals surface area contributed by atoms with Crippen LogP contribution in [-0.2, 0) is 0 Å². The summed E-state index contributed by atoms with van der Waals surface area (Å²) in [4.78, 5) is 0. The minimum absolute atomic E-state index is 0.321. The van der Waals surface area contributed by atoms with Gasteiger partial charge in [0.15, 0.2) is 0 Å². The Bertz CT molecular complexity index is 1450. The molecule has 0 aromatic heterocycles. The van der Waals surface area contributed by atoms with E-state index in [0.717, 1.165) is 47.3 Å². The lowest BCUT2D eigenvalue weighted by atomic mass is 9.52. The van der Waals surface area contributed by atoms with Gasteiger partial charge in [-0.3, -0.25) is 42.5 Å². The molecule has 24 unspecified atom stereocenters. The molecule has 5 aliphatic heterocycles. The van der Waals surface area contributed by atoms with Crippen molar-refractivity contribution in [1.82, 2.24) is 42.5 Å². The van der Waals surface area contributed by atoms with Crippen molar-refractivity contribution in [1.29, 1.82) is 0 Å². The summed E-state index contributed by atoms with van der Waals surface area (Å²) in [6.45, 7) is 19.8. The molecule has 0 spiro atoms. The average Bonchev–Trinajstić information content (AvgIpc) is 4.14. The first kappa shape index (κ1) is 56.4. The summed E-state index contributed by atoms with van der Waals surface area (Å²) in [6.07, 6.45) is 47.0. The minimum Gasteiger partial charge on any atom is -0.286 e. The molecule has 0 aromatic rings. The second-order valence-electron chi connectivity index (χ2n) is 27.1. The standard InChI is InChI=1S/C64H120N8/c1-9-17-29-41-43(31-19-11-3)47(35-23-15-7)55-53(45(41)33-21-13-5)61-68-59-51-39-27-25-37-49(51)57(66-59)65-58-50-38-26-28-40-52(50)60(67-58)69-62-54-46(34-22-14-6)42(30-18-10-2)44(32-20-12-4)48(36-24-16-8)56(54)64(71-62)72-63(55)70-61/h41-72H,9-40H2,1-8H3. The molecule has 8 heteroatoms. The van der Waals surface area contributed by atoms with E-state index in [4.69, 9.17) is 26.6 Å². The van der Waals surface area contributed by atoms with Gasteiger partial charge in [-0.15, -0.1) is 0 Å². The second-order valence-corrected chi connectivity index (χ2v) is 27.1. The van der Waals surface area contributed by atoms with Crippen LogP contribution in [0.1, 0.15) is 261 Å². The Morgan fingerprint density at radius 2 is 0.389 bits per heavy atom. The number of unbranched alkanes of at least 4 members (excludes halogenated alkanes) is 8. The monoisotopic (exact) mass is 1000 g/mol. The molecule has 4 aliphatic carbocycles. The first-order chi connectivity index (χ1) is 35.4. The molecule has 8 bridgehead atoms. The van der Waals surface area contributed by atoms with Gasteiger partial charge in [-0.05, 0) is 172 Å². The van der Waals surface area contributed by atoms with Crippen molar-refractivity contribution in [2.45, 2.75) is 310 Å². The molecule has 9 fully saturated rings. The Kier molecular flexibility index (Phi) is 21.6. The molecule has 0 aromatic carbocycles. The Hall–Kier alpha value is -0.320. The lowest BCUT2D eigenvalue weighted by molar-refractivity contribution is -0.0526. The Morgan fingerprint density at radius 3 is 0.583 bits per heavy atom. The van der Waals surface area contributed by atoms with E-state index in [1.165, 1.54) is 205 Å². The van der Waals surface area contributed by atoms with E-state index in [9.17, 15) is 0 Å². The maximum absolute atomic E-state index is 4.90. The third-order valence-corrected chi connectivity index (χ3v) is 23.2. The second kappa shape index (κ2) is 27.5. The minimum atomic E-state index is 0.321. The quantitative estimate of drug-likeness (QED) is 0.0485. The molecule has 416 valence electrons. The van der Waals surface area contributed by atoms with Gasteiger partial charge in [0.05, 0.1) is 49.3 Å². The van der Waals surface area contributed by atoms with Crippen LogP contribution in [0.4, 0.5) is 0 Å². The lowest BCUT2D eigenvalue weighted by Gasteiger charge is -2.54. The molecule has 0 radical (unpaired) electrons. The summed E-state index contributed by atoms with van der Waals surface area (Å²) in [5, 5.41) is 37.2. The number of fused-ring (bicyclic) bond motifs is 20. The van der Waals surface area contributed by atoms with Crippen LogP contribution >= 0.6 is 0 Å². The molecule has 4 saturated carbocycles. The van der Waals surface area contributed by atoms with Crippen molar-refractivity contribution in [3.05, 3.63) is 0 Å². The molecule has 5 saturated heterocycles. The molecular weight excluding hydrogens is 881 g/mol. The predicted octanol–water partition coefficient (Wildman–Crippen LogP) is 13.9. The van der Waals surface area contributed by atoms with Gasteiger partial charge in [0.2, 0.25) is 0 Å². The zero-order valence-electron chi connectivity index (χ0n) is 48.5. The van der Waals surface area contributed by atoms with Gasteiger partial charge in [0.25, 0.3) is 0 Å². The smallest absolute Gasteiger partial charge is 0.0631 e. The van der Waals surface area contributed by atoms with E-state index >= 15 is 0 Å². The van der Waals surface area contributed by atoms with Crippen molar-refractivity contribution in [2.24, 2.45) is 94.7 Å². The highest BCUT2D eigenvalue weighted by Crippen LogP contribution is 2.60. The zero-order chi connectivity index (χ0) is 50.1. The number of nitrogens with one attached hydrogen (secondary N) is 8. The average molecular weight is 1000 g/mol. The Labute approximate surface area is 445 Å². The highest BCUT2D eigenvalue weighted by molar-refractivity contribution is 5.14. The Morgan fingerprint density at radius 1 is 0.222 bits per heavy atom. The fourth-order valence-corrected chi connectivity index (χ4v) is 20.1. The predicted molar refractivity (Wildman–Crippen MR) is 304 cm³/mol. The lowest BCUT2D eigenvalue weighted by Crippen LogP contribution is -2.62. The summed E-state index contributed by atoms with van der Waals surface area (Å²) < 4.78 is 0. The third-order valence-electron chi connectivity index (χ3n) is 23.2. The van der Waals surface area contributed by atoms with Crippen molar-refractivity contribution >= 4 is 0 Å². The Balaban J connectivity index is 1.19. The fourth-order valence-electron chi connectivity index (χ4n) is 20.1. The fraction of sp³-hybridized carbons (Fsp3) is 1.00. The topological polar surface area (TPSA) is 96.2 Å². The number of rotatable bonds is 24. The first-order valence-corrected chi connectivity index (χ1v) is 33.5. The van der Waals surface area contributed by atoms with E-state index in [0.29, 0.717) is 96.7 Å². The van der Waals surface area contributed by atoms with Crippen molar-refractivity contribution < 1.29 is 0 Å². The molecule has 8 nitrogen and oxygen atoms in total. The third kappa shape index (κ3) is 12.0. The van der Waals surface area contributed by atoms with E-state index in [1.807, 2.05) is 0 Å². The molecule has 9 rings (SSSR count). The van der Waals surface area contributed by atoms with E-state index in [2.05, 4.69) is 71.3 Å². The summed E-state index contributed by atoms with van der Waals surface area (Å²) in [6, 6.07) is 0. The molecule has 9 aliphatic rings. The molecule has 24 atom stereocenters. The van der Waals surface area contributed by atoms with Crippen molar-refractivity contribution in [2.75, 3.05) is 0 Å². The zero-order valence-corrected chi connectivity index (χ0v) is 48.5. The SMILES string of the molecule is CCCCC1C(CCCC)C(CCCC)C2C3NC(NC4NC(NC5NC(NC6NC(N3)C3C(CCCC)C(CCCC)C(CCCC)C(CCCC)C63)C3CCCCC53)C3CCCCC43)C2C1CCCC. The van der Waals surface area contributed by atoms with Crippen LogP contribution in [0.3, 0.4) is 0 Å². The van der Waals surface area contributed by atoms with Crippen LogP contribution in [0, 0.1) is 94.7 Å². The molecule has 5 heterocycles. The van der Waals surface area contributed by atoms with Crippen LogP contribution in [0.2, 0.25) is 0 Å². The highest BCUT2D eigenvalue weighted by Gasteiger charge is 2.63. The van der Waals surface area contributed by atoms with Gasteiger partial charge in [-0.2, -0.15) is 0 Å². The van der Waals surface area contributed by atoms with Crippen LogP contribution in [0.5, 0.6) is 0 Å². The highest BCUT2D eigenvalue weighted by atomic mass is 15.4. The summed E-state index contributed by atoms with van der Waals surface area (Å²) >= 11 is 0. The van der Waals surface area contributed by atoms with Crippen molar-refractivity contribution in [3.8, 4) is 0 Å². The maximum atomic E-state index is 4.90. The van der Waals surface area contributed by atoms with Gasteiger partial charge in [-0.25, -0.2) is 0 Å². The first-order valence-electron chi connectivity index (χ1n) is 33.5. The van der Waals surface area contributed by atoms with E-state index < -0.39 is 0 Å². The van der Waals surface area contributed by atoms with Crippen LogP contribution < -0.4 is 42.5 Å². The van der Waals surface area contributed by atoms with Gasteiger partial charge in [0.1, 0.15) is 0 Å². The maximum Gasteiger partial charge on any atom is 0.0631 e. The van der Waals surface area contributed by atoms with Gasteiger partial charge in [0, 0.05) is 0 Å². The summed E-state index contributed by atoms with van der Waals surface area (Å²) in [7, 11) is 0.